The van der Waals surface area contributed by atoms with Gasteiger partial charge in [0.1, 0.15) is 46.8 Å². The fourth-order valence-corrected chi connectivity index (χ4v) is 21.2. The predicted octanol–water partition coefficient (Wildman–Crippen LogP) is 8.88. The van der Waals surface area contributed by atoms with E-state index >= 15 is 0 Å². The molecule has 728 valence electrons. The summed E-state index contributed by atoms with van der Waals surface area (Å²) in [5, 5.41) is 13.9. The lowest BCUT2D eigenvalue weighted by Crippen LogP contribution is -2.32. The average Bonchev–Trinajstić information content (AvgIpc) is 1.43. The van der Waals surface area contributed by atoms with Crippen LogP contribution in [-0.2, 0) is 165 Å². The lowest BCUT2D eigenvalue weighted by atomic mass is 9.90. The number of nitrogens with one attached hydrogen (secondary N) is 4. The molecule has 0 saturated heterocycles. The van der Waals surface area contributed by atoms with Crippen molar-refractivity contribution in [3.05, 3.63) is 269 Å². The van der Waals surface area contributed by atoms with Gasteiger partial charge in [0.05, 0.1) is 25.7 Å². The molecule has 8 amide bonds. The smallest absolute Gasteiger partial charge is 0.283 e. The summed E-state index contributed by atoms with van der Waals surface area (Å²) in [5.74, 6) is -5.01. The van der Waals surface area contributed by atoms with Gasteiger partial charge in [-0.25, -0.2) is 27.7 Å². The fourth-order valence-electron chi connectivity index (χ4n) is 17.3. The third-order valence-corrected chi connectivity index (χ3v) is 28.9. The molecule has 8 aromatic heterocycles. The van der Waals surface area contributed by atoms with E-state index in [-0.39, 0.29) is 76.8 Å². The number of nitrogens with zero attached hydrogens (tertiary/aromatic N) is 18. The van der Waals surface area contributed by atoms with E-state index < -0.39 is 102 Å². The average molecular weight is 1980 g/mol. The minimum Gasteiger partial charge on any atom is -0.361 e. The second kappa shape index (κ2) is 42.0. The van der Waals surface area contributed by atoms with Gasteiger partial charge in [-0.05, 0) is 263 Å². The van der Waals surface area contributed by atoms with E-state index in [0.717, 1.165) is 140 Å². The standard InChI is InChI=1S/C24H23FN6O4S.C24H26FN5O4S.C24H24N6O4S.C24H27N5O4S/c1-26-21-10-14(8-9-27-21)17-11-19(25)16-7-5-6-15(16)18(17)12-22(32)29-36(34,35)23-13-20(31(4)28-23)24(33)30(2)3;1-14-10-15(8-9-26-14)18-11-20(25)17-7-5-6-16(17)19(18)12-22(31)28-35(33,34)23-13-21(30(4)27-23)24(32)29(2)3;1-25-21-12-16(10-11-26-21)18-9-8-15-6-5-7-17(15)19(18)13-22(31)28-35(33,34)23-14-20(30(4)27-23)24(32)29(2)3;1-15-12-17(10-11-25-15)19-9-8-16-6-5-7-18(16)20(19)13-22(30)27-34(32,33)23-14-21(29(4)26-23)24(31)28(2)3/h8-11,13H,5-7,12H2,2-4H3,(H,29,32);8-11,13H,5-7,12H2,1-4H3,(H,28,31);8-12,14H,5-7,13H2,2-4H3,(H,28,31);8-12,14H,5-7,13H2,1-4H3,(H,27,30). The van der Waals surface area contributed by atoms with Crippen LogP contribution in [0.25, 0.3) is 54.2 Å². The number of fused-ring (bicyclic) bond motifs is 4. The highest BCUT2D eigenvalue weighted by Crippen LogP contribution is 2.41. The van der Waals surface area contributed by atoms with Crippen LogP contribution >= 0.6 is 0 Å². The first kappa shape index (κ1) is 102. The maximum Gasteiger partial charge on any atom is 0.283 e. The number of rotatable bonds is 24. The number of halogens is 2. The van der Waals surface area contributed by atoms with Gasteiger partial charge in [-0.3, -0.25) is 67.1 Å². The summed E-state index contributed by atoms with van der Waals surface area (Å²) in [5.41, 5.74) is 17.0. The topological polar surface area (TPSA) is 466 Å². The second-order valence-electron chi connectivity index (χ2n) is 34.5. The first-order valence-corrected chi connectivity index (χ1v) is 49.8. The van der Waals surface area contributed by atoms with E-state index in [1.807, 2.05) is 48.9 Å². The molecule has 0 fully saturated rings. The summed E-state index contributed by atoms with van der Waals surface area (Å²) >= 11 is 0. The lowest BCUT2D eigenvalue weighted by molar-refractivity contribution is -0.119. The first-order valence-electron chi connectivity index (χ1n) is 43.9. The van der Waals surface area contributed by atoms with Crippen LogP contribution in [0.1, 0.15) is 146 Å². The molecule has 44 heteroatoms. The van der Waals surface area contributed by atoms with Crippen molar-refractivity contribution in [2.45, 2.75) is 137 Å². The monoisotopic (exact) mass is 1980 g/mol. The number of aromatic nitrogens is 12. The highest BCUT2D eigenvalue weighted by atomic mass is 32.2. The van der Waals surface area contributed by atoms with Crippen LogP contribution in [-0.4, -0.2) is 216 Å². The molecule has 0 spiro atoms. The van der Waals surface area contributed by atoms with Crippen LogP contribution in [0.3, 0.4) is 0 Å². The molecule has 0 atom stereocenters. The summed E-state index contributed by atoms with van der Waals surface area (Å²) in [7, 11) is 0.892. The van der Waals surface area contributed by atoms with Crippen molar-refractivity contribution in [2.75, 3.05) is 56.4 Å². The number of hydrogen-bond donors (Lipinski definition) is 4. The number of carbonyl (C=O) groups is 8. The molecule has 0 radical (unpaired) electrons. The van der Waals surface area contributed by atoms with Crippen LogP contribution in [0.15, 0.2) is 154 Å². The van der Waals surface area contributed by atoms with E-state index in [0.29, 0.717) is 82.2 Å². The Morgan fingerprint density at radius 3 is 0.871 bits per heavy atom. The van der Waals surface area contributed by atoms with Gasteiger partial charge >= 0.3 is 0 Å². The van der Waals surface area contributed by atoms with E-state index in [2.05, 4.69) is 70.3 Å². The van der Waals surface area contributed by atoms with Crippen LogP contribution in [0, 0.1) is 38.6 Å². The van der Waals surface area contributed by atoms with Gasteiger partial charge in [-0.1, -0.05) is 37.4 Å². The van der Waals surface area contributed by atoms with Gasteiger partial charge in [0.15, 0.2) is 20.1 Å². The molecule has 4 aliphatic rings. The normalized spacial score (nSPS) is 12.8. The first-order chi connectivity index (χ1) is 66.2. The van der Waals surface area contributed by atoms with Crippen LogP contribution < -0.4 is 18.9 Å². The third-order valence-electron chi connectivity index (χ3n) is 23.9. The number of pyridine rings is 4. The molecule has 4 aliphatic carbocycles. The largest absolute Gasteiger partial charge is 0.361 e. The minimum atomic E-state index is -4.38. The molecule has 0 aliphatic heterocycles. The zero-order valence-corrected chi connectivity index (χ0v) is 82.3. The molecule has 4 N–H and O–H groups in total. The molecule has 0 unspecified atom stereocenters. The van der Waals surface area contributed by atoms with Crippen LogP contribution in [0.4, 0.5) is 20.4 Å². The number of hydrogen-bond acceptors (Lipinski definition) is 24. The highest BCUT2D eigenvalue weighted by molar-refractivity contribution is 7.90. The summed E-state index contributed by atoms with van der Waals surface area (Å²) in [4.78, 5) is 129. The van der Waals surface area contributed by atoms with Crippen LogP contribution in [0.5, 0.6) is 0 Å². The quantitative estimate of drug-likeness (QED) is 0.0410. The van der Waals surface area contributed by atoms with Gasteiger partial charge in [-0.2, -0.15) is 54.1 Å². The SMILES string of the molecule is Cc1cc(-c2cc(F)c3c(c2CC(=O)NS(=O)(=O)c2cc(C(=O)N(C)C)n(C)n2)CCC3)ccn1.Cc1cc(-c2ccc3c(c2CC(=O)NS(=O)(=O)c2cc(C(=O)N(C)C)n(C)n2)CCC3)ccn1.[C-]#[N+]c1cc(-c2cc(F)c3c(c2CC(=O)NS(=O)(=O)c2cc(C(=O)N(C)C)n(C)n2)CCC3)ccn1.[C-]#[N+]c1cc(-c2ccc3c(c2CC(=O)NS(=O)(=O)c2cc(C(=O)N(C)C)n(C)n2)CCC3)ccn1. The van der Waals surface area contributed by atoms with Gasteiger partial charge < -0.3 is 29.3 Å². The Labute approximate surface area is 807 Å². The van der Waals surface area contributed by atoms with Crippen molar-refractivity contribution >= 4 is 99.0 Å². The molecule has 12 aromatic rings. The Bertz CT molecular complexity index is 7640. The molecular weight excluding hydrogens is 1880 g/mol. The molecule has 4 aromatic carbocycles. The molecule has 0 saturated carbocycles. The minimum absolute atomic E-state index is 0.0414. The van der Waals surface area contributed by atoms with Gasteiger partial charge in [0, 0.05) is 133 Å². The Morgan fingerprint density at radius 2 is 0.586 bits per heavy atom. The van der Waals surface area contributed by atoms with E-state index in [9.17, 15) is 80.8 Å². The van der Waals surface area contributed by atoms with E-state index in [1.54, 1.807) is 70.9 Å². The maximum atomic E-state index is 14.9. The molecule has 8 heterocycles. The lowest BCUT2D eigenvalue weighted by Gasteiger charge is -2.16. The molecule has 38 nitrogen and oxygen atoms in total. The highest BCUT2D eigenvalue weighted by Gasteiger charge is 2.35. The summed E-state index contributed by atoms with van der Waals surface area (Å²) in [6.45, 7) is 18.2. The zero-order chi connectivity index (χ0) is 102. The van der Waals surface area contributed by atoms with Crippen molar-refractivity contribution in [3.63, 3.8) is 0 Å². The third kappa shape index (κ3) is 22.7. The van der Waals surface area contributed by atoms with E-state index in [4.69, 9.17) is 13.1 Å². The summed E-state index contributed by atoms with van der Waals surface area (Å²) in [6, 6.07) is 29.2. The summed E-state index contributed by atoms with van der Waals surface area (Å²) < 4.78 is 146. The Hall–Kier alpha value is -15.3. The van der Waals surface area contributed by atoms with E-state index in [1.165, 1.54) is 128 Å². The van der Waals surface area contributed by atoms with Crippen molar-refractivity contribution < 1.29 is 80.8 Å². The Kier molecular flexibility index (Phi) is 30.6. The van der Waals surface area contributed by atoms with Crippen molar-refractivity contribution in [3.8, 4) is 44.5 Å². The predicted molar refractivity (Wildman–Crippen MR) is 510 cm³/mol. The van der Waals surface area contributed by atoms with Crippen molar-refractivity contribution in [1.29, 1.82) is 0 Å². The Balaban J connectivity index is 0.000000157. The maximum absolute atomic E-state index is 14.9. The number of aryl methyl sites for hydroxylation is 8. The number of carbonyl (C=O) groups excluding carboxylic acids is 8. The number of benzene rings is 4. The fraction of sp³-hybridized carbons (Fsp3) is 0.312. The molecule has 0 bridgehead atoms. The van der Waals surface area contributed by atoms with Crippen LogP contribution in [0.2, 0.25) is 0 Å². The Morgan fingerprint density at radius 1 is 0.336 bits per heavy atom. The molecular formula is C96H100F2N22O16S4. The van der Waals surface area contributed by atoms with Gasteiger partial charge in [0.25, 0.3) is 75.4 Å². The molecule has 140 heavy (non-hydrogen) atoms. The molecule has 16 rings (SSSR count). The van der Waals surface area contributed by atoms with Gasteiger partial charge in [0.2, 0.25) is 23.6 Å². The van der Waals surface area contributed by atoms with Gasteiger partial charge in [-0.15, -0.1) is 9.97 Å². The number of sulfonamides is 4. The van der Waals surface area contributed by atoms with Crippen molar-refractivity contribution in [2.24, 2.45) is 28.2 Å². The van der Waals surface area contributed by atoms with Crippen molar-refractivity contribution in [1.82, 2.24) is 97.5 Å². The number of amides is 8. The summed E-state index contributed by atoms with van der Waals surface area (Å²) in [6.07, 6.45) is 14.6. The second-order valence-corrected chi connectivity index (χ2v) is 41.1. The zero-order valence-electron chi connectivity index (χ0n) is 79.0.